The smallest absolute Gasteiger partial charge is 0.224 e. The van der Waals surface area contributed by atoms with Crippen LogP contribution in [0.2, 0.25) is 0 Å². The summed E-state index contributed by atoms with van der Waals surface area (Å²) in [5.74, 6) is 0.663. The number of amides is 1. The number of carbonyl (C=O) groups is 1. The van der Waals surface area contributed by atoms with Crippen LogP contribution in [0.25, 0.3) is 0 Å². The van der Waals surface area contributed by atoms with Crippen molar-refractivity contribution >= 4 is 51.8 Å². The van der Waals surface area contributed by atoms with E-state index >= 15 is 0 Å². The van der Waals surface area contributed by atoms with Gasteiger partial charge >= 0.3 is 0 Å². The van der Waals surface area contributed by atoms with E-state index in [2.05, 4.69) is 25.8 Å². The molecule has 1 aliphatic heterocycles. The lowest BCUT2D eigenvalue weighted by atomic mass is 10.2. The Hall–Kier alpha value is -0.830. The van der Waals surface area contributed by atoms with E-state index in [1.807, 2.05) is 31.3 Å². The molecule has 2 N–H and O–H groups in total. The van der Waals surface area contributed by atoms with Crippen LogP contribution in [0.4, 0.5) is 0 Å². The standard InChI is InChI=1S/C18H27BrN4O.HI/c1-22(14-15-8-4-5-9-16(15)19)17(24)10-11-21-18(20)23-12-6-2-3-7-13-23;/h4-5,8-9H,2-3,6-7,10-14H2,1H3,(H2,20,21);1H. The number of halogens is 2. The van der Waals surface area contributed by atoms with E-state index in [0.29, 0.717) is 25.5 Å². The first kappa shape index (κ1) is 22.2. The van der Waals surface area contributed by atoms with Crippen molar-refractivity contribution in [2.24, 2.45) is 10.7 Å². The zero-order valence-electron chi connectivity index (χ0n) is 14.8. The predicted molar refractivity (Wildman–Crippen MR) is 117 cm³/mol. The molecule has 2 rings (SSSR count). The Morgan fingerprint density at radius 3 is 2.52 bits per heavy atom. The molecule has 0 bridgehead atoms. The molecular formula is C18H28BrIN4O. The van der Waals surface area contributed by atoms with Crippen molar-refractivity contribution in [2.75, 3.05) is 26.7 Å². The quantitative estimate of drug-likeness (QED) is 0.365. The van der Waals surface area contributed by atoms with Gasteiger partial charge in [-0.3, -0.25) is 9.79 Å². The number of carbonyl (C=O) groups excluding carboxylic acids is 1. The van der Waals surface area contributed by atoms with Crippen molar-refractivity contribution < 1.29 is 4.79 Å². The predicted octanol–water partition coefficient (Wildman–Crippen LogP) is 3.61. The zero-order chi connectivity index (χ0) is 17.4. The summed E-state index contributed by atoms with van der Waals surface area (Å²) in [4.78, 5) is 20.5. The van der Waals surface area contributed by atoms with Crippen LogP contribution in [0.5, 0.6) is 0 Å². The van der Waals surface area contributed by atoms with Crippen LogP contribution in [0, 0.1) is 0 Å². The summed E-state index contributed by atoms with van der Waals surface area (Å²) >= 11 is 3.51. The molecule has 1 aromatic rings. The highest BCUT2D eigenvalue weighted by molar-refractivity contribution is 14.0. The van der Waals surface area contributed by atoms with Gasteiger partial charge in [-0.15, -0.1) is 24.0 Å². The lowest BCUT2D eigenvalue weighted by Gasteiger charge is -2.21. The molecule has 5 nitrogen and oxygen atoms in total. The summed E-state index contributed by atoms with van der Waals surface area (Å²) in [7, 11) is 1.82. The molecule has 0 aliphatic carbocycles. The number of likely N-dealkylation sites (tertiary alicyclic amines) is 1. The van der Waals surface area contributed by atoms with Crippen molar-refractivity contribution in [3.63, 3.8) is 0 Å². The molecule has 1 fully saturated rings. The summed E-state index contributed by atoms with van der Waals surface area (Å²) < 4.78 is 1.02. The largest absolute Gasteiger partial charge is 0.370 e. The molecule has 1 heterocycles. The number of hydrogen-bond acceptors (Lipinski definition) is 2. The maximum Gasteiger partial charge on any atom is 0.224 e. The Morgan fingerprint density at radius 2 is 1.88 bits per heavy atom. The van der Waals surface area contributed by atoms with Gasteiger partial charge in [0.15, 0.2) is 5.96 Å². The summed E-state index contributed by atoms with van der Waals surface area (Å²) in [5, 5.41) is 0. The van der Waals surface area contributed by atoms with Crippen molar-refractivity contribution in [1.82, 2.24) is 9.80 Å². The number of rotatable bonds is 5. The fourth-order valence-electron chi connectivity index (χ4n) is 2.83. The molecule has 0 atom stereocenters. The van der Waals surface area contributed by atoms with Gasteiger partial charge in [0, 0.05) is 37.6 Å². The van der Waals surface area contributed by atoms with E-state index in [1.54, 1.807) is 4.90 Å². The third kappa shape index (κ3) is 7.52. The summed E-state index contributed by atoms with van der Waals surface area (Å²) in [6.45, 7) is 2.99. The highest BCUT2D eigenvalue weighted by atomic mass is 127. The van der Waals surface area contributed by atoms with Crippen molar-refractivity contribution in [3.8, 4) is 0 Å². The first-order valence-electron chi connectivity index (χ1n) is 8.60. The summed E-state index contributed by atoms with van der Waals surface area (Å²) in [6.07, 6.45) is 5.26. The monoisotopic (exact) mass is 522 g/mol. The van der Waals surface area contributed by atoms with Crippen LogP contribution < -0.4 is 5.73 Å². The summed E-state index contributed by atoms with van der Waals surface area (Å²) in [6, 6.07) is 7.95. The van der Waals surface area contributed by atoms with Crippen LogP contribution in [0.1, 0.15) is 37.7 Å². The molecule has 1 aromatic carbocycles. The lowest BCUT2D eigenvalue weighted by Crippen LogP contribution is -2.38. The average molecular weight is 523 g/mol. The Balaban J connectivity index is 0.00000312. The Morgan fingerprint density at radius 1 is 1.24 bits per heavy atom. The number of aliphatic imine (C=N–C) groups is 1. The van der Waals surface area contributed by atoms with Gasteiger partial charge in [-0.2, -0.15) is 0 Å². The normalized spacial score (nSPS) is 15.3. The molecule has 25 heavy (non-hydrogen) atoms. The van der Waals surface area contributed by atoms with Crippen LogP contribution in [-0.2, 0) is 11.3 Å². The molecule has 1 saturated heterocycles. The van der Waals surface area contributed by atoms with E-state index in [-0.39, 0.29) is 29.9 Å². The topological polar surface area (TPSA) is 61.9 Å². The molecule has 0 spiro atoms. The zero-order valence-corrected chi connectivity index (χ0v) is 18.7. The fraction of sp³-hybridized carbons (Fsp3) is 0.556. The highest BCUT2D eigenvalue weighted by Crippen LogP contribution is 2.17. The Bertz CT molecular complexity index is 574. The van der Waals surface area contributed by atoms with Gasteiger partial charge in [0.1, 0.15) is 0 Å². The number of nitrogens with zero attached hydrogens (tertiary/aromatic N) is 3. The SMILES string of the molecule is CN(Cc1ccccc1Br)C(=O)CCN=C(N)N1CCCCCC1.I. The van der Waals surface area contributed by atoms with Gasteiger partial charge in [0.05, 0.1) is 6.54 Å². The molecule has 1 aliphatic rings. The Labute approximate surface area is 176 Å². The van der Waals surface area contributed by atoms with Crippen LogP contribution in [0.3, 0.4) is 0 Å². The van der Waals surface area contributed by atoms with Gasteiger partial charge in [0.25, 0.3) is 0 Å². The highest BCUT2D eigenvalue weighted by Gasteiger charge is 2.12. The van der Waals surface area contributed by atoms with E-state index in [9.17, 15) is 4.79 Å². The summed E-state index contributed by atoms with van der Waals surface area (Å²) in [5.41, 5.74) is 7.17. The molecule has 1 amide bonds. The molecule has 0 aromatic heterocycles. The van der Waals surface area contributed by atoms with Crippen molar-refractivity contribution in [2.45, 2.75) is 38.6 Å². The van der Waals surface area contributed by atoms with E-state index in [4.69, 9.17) is 5.73 Å². The van der Waals surface area contributed by atoms with Crippen LogP contribution in [-0.4, -0.2) is 48.3 Å². The number of hydrogen-bond donors (Lipinski definition) is 1. The molecule has 0 unspecified atom stereocenters. The number of guanidine groups is 1. The van der Waals surface area contributed by atoms with Crippen LogP contribution >= 0.6 is 39.9 Å². The lowest BCUT2D eigenvalue weighted by molar-refractivity contribution is -0.130. The molecule has 0 saturated carbocycles. The second kappa shape index (κ2) is 11.7. The maximum atomic E-state index is 12.3. The molecule has 7 heteroatoms. The van der Waals surface area contributed by atoms with E-state index < -0.39 is 0 Å². The second-order valence-corrected chi connectivity index (χ2v) is 7.09. The molecule has 0 radical (unpaired) electrons. The number of nitrogens with two attached hydrogens (primary N) is 1. The average Bonchev–Trinajstić information content (AvgIpc) is 2.86. The second-order valence-electron chi connectivity index (χ2n) is 6.23. The van der Waals surface area contributed by atoms with Crippen molar-refractivity contribution in [1.29, 1.82) is 0 Å². The third-order valence-corrected chi connectivity index (χ3v) is 5.09. The van der Waals surface area contributed by atoms with Crippen LogP contribution in [0.15, 0.2) is 33.7 Å². The minimum absolute atomic E-state index is 0. The van der Waals surface area contributed by atoms with E-state index in [1.165, 1.54) is 25.7 Å². The Kier molecular flexibility index (Phi) is 10.4. The first-order chi connectivity index (χ1) is 11.6. The minimum Gasteiger partial charge on any atom is -0.370 e. The van der Waals surface area contributed by atoms with Gasteiger partial charge < -0.3 is 15.5 Å². The minimum atomic E-state index is 0. The van der Waals surface area contributed by atoms with Crippen molar-refractivity contribution in [3.05, 3.63) is 34.3 Å². The molecular weight excluding hydrogens is 495 g/mol. The molecule has 140 valence electrons. The van der Waals surface area contributed by atoms with Gasteiger partial charge in [-0.05, 0) is 24.5 Å². The number of benzene rings is 1. The third-order valence-electron chi connectivity index (χ3n) is 4.32. The maximum absolute atomic E-state index is 12.3. The van der Waals surface area contributed by atoms with E-state index in [0.717, 1.165) is 23.1 Å². The fourth-order valence-corrected chi connectivity index (χ4v) is 3.24. The van der Waals surface area contributed by atoms with Gasteiger partial charge in [-0.25, -0.2) is 0 Å². The van der Waals surface area contributed by atoms with Gasteiger partial charge in [0.2, 0.25) is 5.91 Å². The van der Waals surface area contributed by atoms with Gasteiger partial charge in [-0.1, -0.05) is 47.0 Å². The first-order valence-corrected chi connectivity index (χ1v) is 9.39.